The second kappa shape index (κ2) is 3.70. The molecule has 0 saturated heterocycles. The standard InChI is InChI=1S/C10H12ClN3O/c1-6(2)14-7(3)8(11)9(13-14)10-12-4-5-15-10/h4-6H,1-3H3. The van der Waals surface area contributed by atoms with Crippen LogP contribution in [0.5, 0.6) is 0 Å². The predicted molar refractivity (Wildman–Crippen MR) is 57.9 cm³/mol. The molecule has 0 aromatic carbocycles. The largest absolute Gasteiger partial charge is 0.443 e. The molecule has 15 heavy (non-hydrogen) atoms. The van der Waals surface area contributed by atoms with Crippen molar-refractivity contribution >= 4 is 11.6 Å². The van der Waals surface area contributed by atoms with Crippen molar-refractivity contribution in [1.82, 2.24) is 14.8 Å². The van der Waals surface area contributed by atoms with Gasteiger partial charge in [-0.3, -0.25) is 4.68 Å². The molecular formula is C10H12ClN3O. The van der Waals surface area contributed by atoms with Crippen LogP contribution in [0.1, 0.15) is 25.6 Å². The third kappa shape index (κ3) is 1.65. The summed E-state index contributed by atoms with van der Waals surface area (Å²) < 4.78 is 7.04. The summed E-state index contributed by atoms with van der Waals surface area (Å²) in [7, 11) is 0. The molecular weight excluding hydrogens is 214 g/mol. The highest BCUT2D eigenvalue weighted by atomic mass is 35.5. The van der Waals surface area contributed by atoms with E-state index in [9.17, 15) is 0 Å². The first-order valence-corrected chi connectivity index (χ1v) is 5.13. The van der Waals surface area contributed by atoms with Crippen LogP contribution in [0.25, 0.3) is 11.6 Å². The highest BCUT2D eigenvalue weighted by Crippen LogP contribution is 2.29. The lowest BCUT2D eigenvalue weighted by atomic mass is 10.3. The number of aromatic nitrogens is 3. The summed E-state index contributed by atoms with van der Waals surface area (Å²) in [5, 5.41) is 4.98. The molecule has 5 heteroatoms. The third-order valence-corrected chi connectivity index (χ3v) is 2.65. The van der Waals surface area contributed by atoms with Crippen molar-refractivity contribution in [3.05, 3.63) is 23.2 Å². The average molecular weight is 226 g/mol. The molecule has 0 unspecified atom stereocenters. The van der Waals surface area contributed by atoms with Gasteiger partial charge < -0.3 is 4.42 Å². The molecule has 2 aromatic rings. The van der Waals surface area contributed by atoms with Crippen LogP contribution in [0.15, 0.2) is 16.9 Å². The van der Waals surface area contributed by atoms with Gasteiger partial charge in [-0.2, -0.15) is 5.10 Å². The molecule has 0 spiro atoms. The molecule has 80 valence electrons. The Morgan fingerprint density at radius 3 is 2.67 bits per heavy atom. The van der Waals surface area contributed by atoms with Gasteiger partial charge in [-0.05, 0) is 20.8 Å². The summed E-state index contributed by atoms with van der Waals surface area (Å²) in [4.78, 5) is 4.03. The normalized spacial score (nSPS) is 11.3. The first-order chi connectivity index (χ1) is 7.11. The Morgan fingerprint density at radius 2 is 2.20 bits per heavy atom. The Labute approximate surface area is 92.9 Å². The average Bonchev–Trinajstić information content (AvgIpc) is 2.77. The Hall–Kier alpha value is -1.29. The molecule has 0 aliphatic rings. The summed E-state index contributed by atoms with van der Waals surface area (Å²) >= 11 is 6.17. The van der Waals surface area contributed by atoms with Crippen LogP contribution < -0.4 is 0 Å². The number of nitrogens with zero attached hydrogens (tertiary/aromatic N) is 3. The number of hydrogen-bond acceptors (Lipinski definition) is 3. The number of hydrogen-bond donors (Lipinski definition) is 0. The molecule has 2 heterocycles. The second-order valence-corrected chi connectivity index (χ2v) is 4.00. The van der Waals surface area contributed by atoms with E-state index in [-0.39, 0.29) is 6.04 Å². The summed E-state index contributed by atoms with van der Waals surface area (Å²) in [6.45, 7) is 6.03. The van der Waals surface area contributed by atoms with Gasteiger partial charge in [0.1, 0.15) is 6.26 Å². The van der Waals surface area contributed by atoms with Crippen LogP contribution in [0.4, 0.5) is 0 Å². The number of oxazole rings is 1. The third-order valence-electron chi connectivity index (χ3n) is 2.20. The molecule has 2 rings (SSSR count). The molecule has 0 amide bonds. The fraction of sp³-hybridized carbons (Fsp3) is 0.400. The molecule has 0 N–H and O–H groups in total. The molecule has 0 saturated carbocycles. The van der Waals surface area contributed by atoms with Crippen LogP contribution in [-0.4, -0.2) is 14.8 Å². The Kier molecular flexibility index (Phi) is 2.52. The van der Waals surface area contributed by atoms with Gasteiger partial charge in [-0.1, -0.05) is 11.6 Å². The molecule has 0 radical (unpaired) electrons. The molecule has 4 nitrogen and oxygen atoms in total. The molecule has 0 atom stereocenters. The fourth-order valence-corrected chi connectivity index (χ4v) is 1.68. The minimum absolute atomic E-state index is 0.270. The number of halogens is 1. The van der Waals surface area contributed by atoms with E-state index in [0.717, 1.165) is 5.69 Å². The van der Waals surface area contributed by atoms with Crippen LogP contribution in [-0.2, 0) is 0 Å². The molecule has 0 aliphatic heterocycles. The minimum atomic E-state index is 0.270. The first kappa shape index (κ1) is 10.2. The maximum absolute atomic E-state index is 6.17. The van der Waals surface area contributed by atoms with Gasteiger partial charge in [-0.15, -0.1) is 0 Å². The molecule has 2 aromatic heterocycles. The second-order valence-electron chi connectivity index (χ2n) is 3.62. The van der Waals surface area contributed by atoms with Gasteiger partial charge in [0.05, 0.1) is 16.9 Å². The molecule has 0 bridgehead atoms. The van der Waals surface area contributed by atoms with Crippen molar-refractivity contribution in [3.8, 4) is 11.6 Å². The summed E-state index contributed by atoms with van der Waals surface area (Å²) in [6, 6.07) is 0.270. The van der Waals surface area contributed by atoms with E-state index in [4.69, 9.17) is 16.0 Å². The smallest absolute Gasteiger partial charge is 0.248 e. The van der Waals surface area contributed by atoms with Gasteiger partial charge in [0, 0.05) is 6.04 Å². The lowest BCUT2D eigenvalue weighted by molar-refractivity contribution is 0.515. The van der Waals surface area contributed by atoms with Gasteiger partial charge in [0.2, 0.25) is 5.89 Å². The first-order valence-electron chi connectivity index (χ1n) is 4.75. The van der Waals surface area contributed by atoms with E-state index in [1.807, 2.05) is 11.6 Å². The summed E-state index contributed by atoms with van der Waals surface area (Å²) in [5.74, 6) is 0.461. The zero-order valence-corrected chi connectivity index (χ0v) is 9.62. The quantitative estimate of drug-likeness (QED) is 0.789. The van der Waals surface area contributed by atoms with Crippen molar-refractivity contribution < 1.29 is 4.42 Å². The van der Waals surface area contributed by atoms with Crippen molar-refractivity contribution in [1.29, 1.82) is 0 Å². The van der Waals surface area contributed by atoms with Gasteiger partial charge in [0.15, 0.2) is 5.69 Å². The van der Waals surface area contributed by atoms with Crippen molar-refractivity contribution in [2.45, 2.75) is 26.8 Å². The maximum Gasteiger partial charge on any atom is 0.248 e. The molecule has 0 fully saturated rings. The maximum atomic E-state index is 6.17. The van der Waals surface area contributed by atoms with Crippen LogP contribution in [0, 0.1) is 6.92 Å². The topological polar surface area (TPSA) is 43.9 Å². The van der Waals surface area contributed by atoms with E-state index in [1.54, 1.807) is 6.20 Å². The lowest BCUT2D eigenvalue weighted by Crippen LogP contribution is -2.04. The Balaban J connectivity index is 2.55. The zero-order chi connectivity index (χ0) is 11.0. The Morgan fingerprint density at radius 1 is 1.47 bits per heavy atom. The van der Waals surface area contributed by atoms with Crippen LogP contribution in [0.3, 0.4) is 0 Å². The van der Waals surface area contributed by atoms with E-state index < -0.39 is 0 Å². The van der Waals surface area contributed by atoms with E-state index in [2.05, 4.69) is 23.9 Å². The van der Waals surface area contributed by atoms with E-state index in [0.29, 0.717) is 16.6 Å². The lowest BCUT2D eigenvalue weighted by Gasteiger charge is -2.06. The monoisotopic (exact) mass is 225 g/mol. The van der Waals surface area contributed by atoms with Crippen molar-refractivity contribution in [2.24, 2.45) is 0 Å². The van der Waals surface area contributed by atoms with Crippen molar-refractivity contribution in [3.63, 3.8) is 0 Å². The van der Waals surface area contributed by atoms with E-state index >= 15 is 0 Å². The summed E-state index contributed by atoms with van der Waals surface area (Å²) in [6.07, 6.45) is 3.09. The van der Waals surface area contributed by atoms with Crippen LogP contribution in [0.2, 0.25) is 5.02 Å². The summed E-state index contributed by atoms with van der Waals surface area (Å²) in [5.41, 5.74) is 1.53. The highest BCUT2D eigenvalue weighted by molar-refractivity contribution is 6.33. The van der Waals surface area contributed by atoms with Crippen molar-refractivity contribution in [2.75, 3.05) is 0 Å². The zero-order valence-electron chi connectivity index (χ0n) is 8.86. The Bertz CT molecular complexity index is 459. The predicted octanol–water partition coefficient (Wildman–Crippen LogP) is 3.08. The molecule has 0 aliphatic carbocycles. The van der Waals surface area contributed by atoms with Crippen LogP contribution >= 0.6 is 11.6 Å². The van der Waals surface area contributed by atoms with Gasteiger partial charge in [-0.25, -0.2) is 4.98 Å². The SMILES string of the molecule is Cc1c(Cl)c(-c2ncco2)nn1C(C)C. The van der Waals surface area contributed by atoms with Gasteiger partial charge >= 0.3 is 0 Å². The highest BCUT2D eigenvalue weighted by Gasteiger charge is 2.18. The minimum Gasteiger partial charge on any atom is -0.443 e. The van der Waals surface area contributed by atoms with E-state index in [1.165, 1.54) is 6.26 Å². The number of rotatable bonds is 2. The van der Waals surface area contributed by atoms with Gasteiger partial charge in [0.25, 0.3) is 0 Å². The fourth-order valence-electron chi connectivity index (χ4n) is 1.48.